The van der Waals surface area contributed by atoms with Crippen LogP contribution in [-0.4, -0.2) is 16.5 Å². The maximum Gasteiger partial charge on any atom is 0.148 e. The molecule has 0 radical (unpaired) electrons. The average Bonchev–Trinajstić information content (AvgIpc) is 2.40. The number of nitrogens with one attached hydrogen (secondary N) is 1. The smallest absolute Gasteiger partial charge is 0.148 e. The van der Waals surface area contributed by atoms with Crippen LogP contribution in [0.1, 0.15) is 19.0 Å². The van der Waals surface area contributed by atoms with Crippen LogP contribution in [0.5, 0.6) is 11.5 Å². The van der Waals surface area contributed by atoms with E-state index in [1.54, 1.807) is 12.4 Å². The molecule has 0 saturated carbocycles. The van der Waals surface area contributed by atoms with Gasteiger partial charge in [0.2, 0.25) is 0 Å². The summed E-state index contributed by atoms with van der Waals surface area (Å²) < 4.78 is 5.79. The minimum Gasteiger partial charge on any atom is -0.455 e. The SMILES string of the molecule is CCCNc1cc(Oc2cccnc2C)ccn1. The van der Waals surface area contributed by atoms with Gasteiger partial charge in [0.25, 0.3) is 0 Å². The normalized spacial score (nSPS) is 10.1. The number of hydrogen-bond acceptors (Lipinski definition) is 4. The number of aromatic nitrogens is 2. The molecule has 0 aliphatic carbocycles. The van der Waals surface area contributed by atoms with Crippen molar-refractivity contribution in [3.8, 4) is 11.5 Å². The number of rotatable bonds is 5. The standard InChI is InChI=1S/C14H17N3O/c1-3-7-16-14-10-12(6-9-17-14)18-13-5-4-8-15-11(13)2/h4-6,8-10H,3,7H2,1-2H3,(H,16,17). The summed E-state index contributed by atoms with van der Waals surface area (Å²) in [5, 5.41) is 3.23. The topological polar surface area (TPSA) is 47.0 Å². The van der Waals surface area contributed by atoms with E-state index in [9.17, 15) is 0 Å². The molecule has 0 spiro atoms. The van der Waals surface area contributed by atoms with Gasteiger partial charge in [0.1, 0.15) is 17.3 Å². The maximum absolute atomic E-state index is 5.79. The number of pyridine rings is 2. The predicted octanol–water partition coefficient (Wildman–Crippen LogP) is 3.40. The van der Waals surface area contributed by atoms with Gasteiger partial charge in [-0.1, -0.05) is 6.92 Å². The molecular formula is C14H17N3O. The molecule has 4 heteroatoms. The summed E-state index contributed by atoms with van der Waals surface area (Å²) in [4.78, 5) is 8.43. The van der Waals surface area contributed by atoms with Crippen LogP contribution in [0.2, 0.25) is 0 Å². The molecule has 0 aliphatic rings. The van der Waals surface area contributed by atoms with Crippen LogP contribution in [0.25, 0.3) is 0 Å². The first kappa shape index (κ1) is 12.4. The summed E-state index contributed by atoms with van der Waals surface area (Å²) >= 11 is 0. The van der Waals surface area contributed by atoms with E-state index in [0.717, 1.165) is 36.0 Å². The van der Waals surface area contributed by atoms with Gasteiger partial charge in [-0.2, -0.15) is 0 Å². The molecule has 0 atom stereocenters. The van der Waals surface area contributed by atoms with E-state index >= 15 is 0 Å². The Bertz CT molecular complexity index is 514. The predicted molar refractivity (Wildman–Crippen MR) is 72.1 cm³/mol. The van der Waals surface area contributed by atoms with Gasteiger partial charge in [-0.05, 0) is 31.5 Å². The second kappa shape index (κ2) is 6.00. The van der Waals surface area contributed by atoms with Crippen LogP contribution in [0.3, 0.4) is 0 Å². The van der Waals surface area contributed by atoms with Crippen LogP contribution < -0.4 is 10.1 Å². The maximum atomic E-state index is 5.79. The van der Waals surface area contributed by atoms with E-state index in [0.29, 0.717) is 0 Å². The fourth-order valence-electron chi connectivity index (χ4n) is 1.53. The Morgan fingerprint density at radius 2 is 2.11 bits per heavy atom. The summed E-state index contributed by atoms with van der Waals surface area (Å²) in [5.41, 5.74) is 0.873. The van der Waals surface area contributed by atoms with Gasteiger partial charge in [-0.15, -0.1) is 0 Å². The molecule has 0 bridgehead atoms. The van der Waals surface area contributed by atoms with Crippen molar-refractivity contribution in [2.24, 2.45) is 0 Å². The van der Waals surface area contributed by atoms with Crippen molar-refractivity contribution in [3.63, 3.8) is 0 Å². The first-order chi connectivity index (χ1) is 8.79. The summed E-state index contributed by atoms with van der Waals surface area (Å²) in [6.45, 7) is 4.95. The van der Waals surface area contributed by atoms with Crippen LogP contribution in [0, 0.1) is 6.92 Å². The Labute approximate surface area is 107 Å². The van der Waals surface area contributed by atoms with Gasteiger partial charge in [-0.3, -0.25) is 4.98 Å². The third-order valence-corrected chi connectivity index (χ3v) is 2.47. The minimum absolute atomic E-state index is 0.764. The van der Waals surface area contributed by atoms with Crippen molar-refractivity contribution in [2.75, 3.05) is 11.9 Å². The molecule has 0 amide bonds. The van der Waals surface area contributed by atoms with Crippen molar-refractivity contribution in [2.45, 2.75) is 20.3 Å². The molecule has 0 unspecified atom stereocenters. The Kier molecular flexibility index (Phi) is 4.12. The third-order valence-electron chi connectivity index (χ3n) is 2.47. The van der Waals surface area contributed by atoms with E-state index in [1.165, 1.54) is 0 Å². The molecule has 1 N–H and O–H groups in total. The first-order valence-corrected chi connectivity index (χ1v) is 6.09. The highest BCUT2D eigenvalue weighted by atomic mass is 16.5. The Morgan fingerprint density at radius 1 is 1.22 bits per heavy atom. The Hall–Kier alpha value is -2.10. The van der Waals surface area contributed by atoms with Crippen LogP contribution in [0.4, 0.5) is 5.82 Å². The van der Waals surface area contributed by atoms with E-state index < -0.39 is 0 Å². The highest BCUT2D eigenvalue weighted by Crippen LogP contribution is 2.24. The van der Waals surface area contributed by atoms with E-state index in [4.69, 9.17) is 4.74 Å². The highest BCUT2D eigenvalue weighted by molar-refractivity contribution is 5.42. The largest absolute Gasteiger partial charge is 0.455 e. The molecule has 2 heterocycles. The van der Waals surface area contributed by atoms with Crippen molar-refractivity contribution in [1.29, 1.82) is 0 Å². The number of nitrogens with zero attached hydrogens (tertiary/aromatic N) is 2. The van der Waals surface area contributed by atoms with Gasteiger partial charge < -0.3 is 10.1 Å². The van der Waals surface area contributed by atoms with Crippen molar-refractivity contribution in [1.82, 2.24) is 9.97 Å². The molecule has 2 aromatic heterocycles. The van der Waals surface area contributed by atoms with Crippen molar-refractivity contribution in [3.05, 3.63) is 42.4 Å². The summed E-state index contributed by atoms with van der Waals surface area (Å²) in [6, 6.07) is 7.49. The molecular weight excluding hydrogens is 226 g/mol. The van der Waals surface area contributed by atoms with E-state index in [1.807, 2.05) is 31.2 Å². The minimum atomic E-state index is 0.764. The molecule has 2 aromatic rings. The van der Waals surface area contributed by atoms with Gasteiger partial charge >= 0.3 is 0 Å². The highest BCUT2D eigenvalue weighted by Gasteiger charge is 2.02. The second-order valence-electron chi connectivity index (χ2n) is 3.99. The lowest BCUT2D eigenvalue weighted by molar-refractivity contribution is 0.475. The van der Waals surface area contributed by atoms with Gasteiger partial charge in [0.15, 0.2) is 0 Å². The fourth-order valence-corrected chi connectivity index (χ4v) is 1.53. The van der Waals surface area contributed by atoms with Gasteiger partial charge in [0, 0.05) is 25.0 Å². The summed E-state index contributed by atoms with van der Waals surface area (Å²) in [6.07, 6.45) is 4.55. The van der Waals surface area contributed by atoms with E-state index in [-0.39, 0.29) is 0 Å². The molecule has 4 nitrogen and oxygen atoms in total. The lowest BCUT2D eigenvalue weighted by atomic mass is 10.3. The average molecular weight is 243 g/mol. The van der Waals surface area contributed by atoms with E-state index in [2.05, 4.69) is 22.2 Å². The summed E-state index contributed by atoms with van der Waals surface area (Å²) in [7, 11) is 0. The molecule has 2 rings (SSSR count). The van der Waals surface area contributed by atoms with Crippen molar-refractivity contribution < 1.29 is 4.74 Å². The molecule has 0 fully saturated rings. The lowest BCUT2D eigenvalue weighted by Crippen LogP contribution is -2.01. The molecule has 0 aliphatic heterocycles. The number of anilines is 1. The Morgan fingerprint density at radius 3 is 2.89 bits per heavy atom. The Balaban J connectivity index is 2.12. The zero-order valence-corrected chi connectivity index (χ0v) is 10.7. The quantitative estimate of drug-likeness (QED) is 0.874. The second-order valence-corrected chi connectivity index (χ2v) is 3.99. The molecule has 0 aromatic carbocycles. The van der Waals surface area contributed by atoms with Gasteiger partial charge in [-0.25, -0.2) is 4.98 Å². The fraction of sp³-hybridized carbons (Fsp3) is 0.286. The number of ether oxygens (including phenoxy) is 1. The number of aryl methyl sites for hydroxylation is 1. The van der Waals surface area contributed by atoms with Gasteiger partial charge in [0.05, 0.1) is 5.69 Å². The molecule has 0 saturated heterocycles. The molecule has 18 heavy (non-hydrogen) atoms. The molecule has 94 valence electrons. The zero-order chi connectivity index (χ0) is 12.8. The van der Waals surface area contributed by atoms with Crippen molar-refractivity contribution >= 4 is 5.82 Å². The zero-order valence-electron chi connectivity index (χ0n) is 10.7. The third kappa shape index (κ3) is 3.20. The van der Waals surface area contributed by atoms with Crippen LogP contribution >= 0.6 is 0 Å². The lowest BCUT2D eigenvalue weighted by Gasteiger charge is -2.09. The monoisotopic (exact) mass is 243 g/mol. The first-order valence-electron chi connectivity index (χ1n) is 6.09. The number of hydrogen-bond donors (Lipinski definition) is 1. The van der Waals surface area contributed by atoms with Crippen LogP contribution in [-0.2, 0) is 0 Å². The van der Waals surface area contributed by atoms with Crippen LogP contribution in [0.15, 0.2) is 36.7 Å². The summed E-state index contributed by atoms with van der Waals surface area (Å²) in [5.74, 6) is 2.36.